The number of nitrogens with one attached hydrogen (secondary N) is 1. The Kier molecular flexibility index (Phi) is 4.70. The summed E-state index contributed by atoms with van der Waals surface area (Å²) in [6.45, 7) is 2.70. The smallest absolute Gasteiger partial charge is 0.425 e. The van der Waals surface area contributed by atoms with Crippen LogP contribution in [0.4, 0.5) is 22.0 Å². The molecule has 1 atom stereocenters. The number of hydrogen-bond acceptors (Lipinski definition) is 2. The fraction of sp³-hybridized carbons (Fsp3) is 0.500. The fourth-order valence-electron chi connectivity index (χ4n) is 2.21. The van der Waals surface area contributed by atoms with Gasteiger partial charge in [-0.3, -0.25) is 0 Å². The quantitative estimate of drug-likeness (QED) is 0.851. The fourth-order valence-corrected chi connectivity index (χ4v) is 2.21. The molecule has 21 heavy (non-hydrogen) atoms. The molecule has 7 heteroatoms. The lowest BCUT2D eigenvalue weighted by molar-refractivity contribution is -0.360. The lowest BCUT2D eigenvalue weighted by Crippen LogP contribution is -2.42. The van der Waals surface area contributed by atoms with Gasteiger partial charge >= 0.3 is 12.3 Å². The van der Waals surface area contributed by atoms with E-state index in [1.165, 1.54) is 12.1 Å². The predicted octanol–water partition coefficient (Wildman–Crippen LogP) is 3.92. The second kappa shape index (κ2) is 6.17. The number of ether oxygens (including phenoxy) is 1. The number of piperidine rings is 1. The Morgan fingerprint density at radius 3 is 2.48 bits per heavy atom. The van der Waals surface area contributed by atoms with E-state index in [0.717, 1.165) is 25.5 Å². The monoisotopic (exact) mass is 308 g/mol. The van der Waals surface area contributed by atoms with Gasteiger partial charge < -0.3 is 10.1 Å². The number of benzene rings is 1. The molecule has 1 saturated heterocycles. The van der Waals surface area contributed by atoms with Crippen LogP contribution in [0.1, 0.15) is 18.4 Å². The largest absolute Gasteiger partial charge is 0.499 e. The first-order valence-electron chi connectivity index (χ1n) is 6.58. The van der Waals surface area contributed by atoms with E-state index >= 15 is 0 Å². The van der Waals surface area contributed by atoms with Crippen molar-refractivity contribution in [3.05, 3.63) is 36.4 Å². The van der Waals surface area contributed by atoms with Crippen LogP contribution in [0, 0.1) is 12.5 Å². The molecule has 1 heterocycles. The third kappa shape index (κ3) is 4.06. The van der Waals surface area contributed by atoms with E-state index in [0.29, 0.717) is 12.0 Å². The van der Waals surface area contributed by atoms with Crippen LogP contribution in [0.3, 0.4) is 0 Å². The van der Waals surface area contributed by atoms with E-state index in [2.05, 4.69) is 10.1 Å². The van der Waals surface area contributed by atoms with E-state index in [1.54, 1.807) is 6.07 Å². The van der Waals surface area contributed by atoms with Gasteiger partial charge in [-0.2, -0.15) is 22.0 Å². The first-order valence-corrected chi connectivity index (χ1v) is 6.58. The summed E-state index contributed by atoms with van der Waals surface area (Å²) in [5.74, 6) is -0.346. The Bertz CT molecular complexity index is 469. The van der Waals surface area contributed by atoms with Crippen molar-refractivity contribution in [3.63, 3.8) is 0 Å². The van der Waals surface area contributed by atoms with Gasteiger partial charge in [0, 0.05) is 6.54 Å². The molecule has 0 saturated carbocycles. The van der Waals surface area contributed by atoms with Crippen LogP contribution in [0.2, 0.25) is 0 Å². The van der Waals surface area contributed by atoms with Gasteiger partial charge in [-0.25, -0.2) is 0 Å². The molecular weight excluding hydrogens is 293 g/mol. The SMILES string of the molecule is FC(F)(F)C(F)(F)Oc1ccccc1CC1[CH]NCCC1. The zero-order valence-electron chi connectivity index (χ0n) is 11.1. The summed E-state index contributed by atoms with van der Waals surface area (Å²) in [6, 6.07) is 5.59. The predicted molar refractivity (Wildman–Crippen MR) is 66.8 cm³/mol. The molecule has 0 bridgehead atoms. The highest BCUT2D eigenvalue weighted by atomic mass is 19.4. The van der Waals surface area contributed by atoms with Crippen LogP contribution in [0.15, 0.2) is 24.3 Å². The summed E-state index contributed by atoms with van der Waals surface area (Å²) in [5, 5.41) is 3.05. The van der Waals surface area contributed by atoms with Gasteiger partial charge in [0.2, 0.25) is 0 Å². The van der Waals surface area contributed by atoms with Crippen LogP contribution in [-0.2, 0) is 6.42 Å². The standard InChI is InChI=1S/C14H15F5NO/c15-13(16,17)14(18,19)21-12-6-2-1-5-11(12)8-10-4-3-7-20-9-10/h1-2,5-6,9-10,20H,3-4,7-8H2. The van der Waals surface area contributed by atoms with Gasteiger partial charge in [0.25, 0.3) is 0 Å². The van der Waals surface area contributed by atoms with E-state index in [4.69, 9.17) is 0 Å². The summed E-state index contributed by atoms with van der Waals surface area (Å²) in [6.07, 6.45) is -8.78. The Morgan fingerprint density at radius 1 is 1.14 bits per heavy atom. The molecule has 2 nitrogen and oxygen atoms in total. The Labute approximate surface area is 119 Å². The normalized spacial score (nSPS) is 20.3. The molecule has 0 aliphatic carbocycles. The molecular formula is C14H15F5NO. The highest BCUT2D eigenvalue weighted by Gasteiger charge is 2.61. The Balaban J connectivity index is 2.13. The van der Waals surface area contributed by atoms with Crippen molar-refractivity contribution >= 4 is 0 Å². The minimum absolute atomic E-state index is 0.0861. The van der Waals surface area contributed by atoms with Crippen molar-refractivity contribution in [3.8, 4) is 5.75 Å². The maximum Gasteiger partial charge on any atom is 0.499 e. The molecule has 1 N–H and O–H groups in total. The van der Waals surface area contributed by atoms with Crippen LogP contribution in [0.25, 0.3) is 0 Å². The second-order valence-electron chi connectivity index (χ2n) is 4.95. The molecule has 1 aromatic carbocycles. The van der Waals surface area contributed by atoms with Crippen LogP contribution in [-0.4, -0.2) is 18.8 Å². The van der Waals surface area contributed by atoms with Gasteiger partial charge in [-0.05, 0) is 43.4 Å². The Morgan fingerprint density at radius 2 is 1.86 bits per heavy atom. The molecule has 1 radical (unpaired) electrons. The number of rotatable bonds is 4. The zero-order valence-corrected chi connectivity index (χ0v) is 11.1. The first kappa shape index (κ1) is 16.0. The van der Waals surface area contributed by atoms with Crippen molar-refractivity contribution in [1.82, 2.24) is 5.32 Å². The molecule has 1 aliphatic heterocycles. The average molecular weight is 308 g/mol. The average Bonchev–Trinajstić information content (AvgIpc) is 2.40. The van der Waals surface area contributed by atoms with E-state index < -0.39 is 18.0 Å². The number of halogens is 5. The summed E-state index contributed by atoms with van der Waals surface area (Å²) in [7, 11) is 0. The third-order valence-corrected chi connectivity index (χ3v) is 3.27. The first-order chi connectivity index (χ1) is 9.79. The number of alkyl halides is 5. The molecule has 1 fully saturated rings. The summed E-state index contributed by atoms with van der Waals surface area (Å²) in [5.41, 5.74) is 0.339. The summed E-state index contributed by atoms with van der Waals surface area (Å²) >= 11 is 0. The van der Waals surface area contributed by atoms with Crippen molar-refractivity contribution in [2.24, 2.45) is 5.92 Å². The topological polar surface area (TPSA) is 21.3 Å². The van der Waals surface area contributed by atoms with Crippen molar-refractivity contribution < 1.29 is 26.7 Å². The lowest BCUT2D eigenvalue weighted by atomic mass is 9.92. The van der Waals surface area contributed by atoms with Crippen LogP contribution < -0.4 is 10.1 Å². The maximum absolute atomic E-state index is 13.0. The van der Waals surface area contributed by atoms with Gasteiger partial charge in [0.05, 0.1) is 0 Å². The highest BCUT2D eigenvalue weighted by Crippen LogP contribution is 2.38. The molecule has 117 valence electrons. The minimum Gasteiger partial charge on any atom is -0.425 e. The van der Waals surface area contributed by atoms with Gasteiger partial charge in [0.1, 0.15) is 5.75 Å². The molecule has 0 amide bonds. The molecule has 1 unspecified atom stereocenters. The molecule has 2 rings (SSSR count). The van der Waals surface area contributed by atoms with E-state index in [-0.39, 0.29) is 5.92 Å². The van der Waals surface area contributed by atoms with Gasteiger partial charge in [0.15, 0.2) is 0 Å². The summed E-state index contributed by atoms with van der Waals surface area (Å²) in [4.78, 5) is 0. The molecule has 1 aromatic rings. The van der Waals surface area contributed by atoms with Gasteiger partial charge in [-0.1, -0.05) is 18.2 Å². The van der Waals surface area contributed by atoms with E-state index in [1.807, 2.05) is 6.54 Å². The molecule has 1 aliphatic rings. The number of para-hydroxylation sites is 1. The lowest BCUT2D eigenvalue weighted by Gasteiger charge is -2.25. The highest BCUT2D eigenvalue weighted by molar-refractivity contribution is 5.34. The number of hydrogen-bond donors (Lipinski definition) is 1. The maximum atomic E-state index is 13.0. The van der Waals surface area contributed by atoms with Gasteiger partial charge in [-0.15, -0.1) is 0 Å². The minimum atomic E-state index is -5.74. The van der Waals surface area contributed by atoms with Crippen molar-refractivity contribution in [2.45, 2.75) is 31.5 Å². The Hall–Kier alpha value is -1.37. The zero-order chi connectivity index (χ0) is 15.5. The van der Waals surface area contributed by atoms with Crippen molar-refractivity contribution in [2.75, 3.05) is 6.54 Å². The second-order valence-corrected chi connectivity index (χ2v) is 4.95. The van der Waals surface area contributed by atoms with Crippen LogP contribution >= 0.6 is 0 Å². The van der Waals surface area contributed by atoms with Crippen molar-refractivity contribution in [1.29, 1.82) is 0 Å². The molecule has 0 aromatic heterocycles. The molecule has 0 spiro atoms. The van der Waals surface area contributed by atoms with Crippen LogP contribution in [0.5, 0.6) is 5.75 Å². The van der Waals surface area contributed by atoms with E-state index in [9.17, 15) is 22.0 Å². The summed E-state index contributed by atoms with van der Waals surface area (Å²) < 4.78 is 66.6. The third-order valence-electron chi connectivity index (χ3n) is 3.27.